The van der Waals surface area contributed by atoms with E-state index < -0.39 is 0 Å². The minimum Gasteiger partial charge on any atom is -0.493 e. The molecule has 0 bridgehead atoms. The molecule has 138 valence electrons. The molecule has 5 heteroatoms. The molecule has 2 heterocycles. The van der Waals surface area contributed by atoms with Crippen LogP contribution in [0.25, 0.3) is 10.9 Å². The number of para-hydroxylation sites is 1. The van der Waals surface area contributed by atoms with Gasteiger partial charge in [0.2, 0.25) is 0 Å². The van der Waals surface area contributed by atoms with Crippen molar-refractivity contribution < 1.29 is 9.47 Å². The van der Waals surface area contributed by atoms with E-state index in [-0.39, 0.29) is 12.1 Å². The molecule has 0 amide bonds. The van der Waals surface area contributed by atoms with Crippen LogP contribution in [-0.2, 0) is 12.8 Å². The SMILES string of the molecule is COc1cc2c(cc1OC)[C@H](C#N)N(C)[C@@H](Cc1c[nH]c3ccccc13)C2. The van der Waals surface area contributed by atoms with Gasteiger partial charge in [0.1, 0.15) is 6.04 Å². The fraction of sp³-hybridized carbons (Fsp3) is 0.318. The lowest BCUT2D eigenvalue weighted by Crippen LogP contribution is -2.42. The second kappa shape index (κ2) is 6.98. The van der Waals surface area contributed by atoms with Gasteiger partial charge in [0, 0.05) is 23.1 Å². The van der Waals surface area contributed by atoms with Crippen LogP contribution < -0.4 is 9.47 Å². The second-order valence-corrected chi connectivity index (χ2v) is 7.02. The van der Waals surface area contributed by atoms with Gasteiger partial charge in [-0.05, 0) is 54.8 Å². The molecular weight excluding hydrogens is 338 g/mol. The van der Waals surface area contributed by atoms with Crippen molar-refractivity contribution in [1.29, 1.82) is 5.26 Å². The van der Waals surface area contributed by atoms with Gasteiger partial charge >= 0.3 is 0 Å². The van der Waals surface area contributed by atoms with E-state index in [1.165, 1.54) is 10.9 Å². The number of hydrogen-bond donors (Lipinski definition) is 1. The molecule has 5 nitrogen and oxygen atoms in total. The van der Waals surface area contributed by atoms with E-state index in [1.54, 1.807) is 14.2 Å². The maximum absolute atomic E-state index is 9.84. The number of aromatic amines is 1. The number of likely N-dealkylation sites (N-methyl/N-ethyl adjacent to an activating group) is 1. The Hall–Kier alpha value is -2.97. The molecule has 3 aromatic rings. The zero-order valence-electron chi connectivity index (χ0n) is 15.8. The third kappa shape index (κ3) is 2.92. The molecule has 0 fully saturated rings. The summed E-state index contributed by atoms with van der Waals surface area (Å²) in [5, 5.41) is 11.1. The van der Waals surface area contributed by atoms with Gasteiger partial charge < -0.3 is 14.5 Å². The van der Waals surface area contributed by atoms with E-state index in [2.05, 4.69) is 40.3 Å². The molecule has 0 aliphatic carbocycles. The molecule has 1 aliphatic rings. The highest BCUT2D eigenvalue weighted by atomic mass is 16.5. The van der Waals surface area contributed by atoms with E-state index >= 15 is 0 Å². The van der Waals surface area contributed by atoms with Gasteiger partial charge in [-0.15, -0.1) is 0 Å². The third-order valence-electron chi connectivity index (χ3n) is 5.63. The summed E-state index contributed by atoms with van der Waals surface area (Å²) in [6.45, 7) is 0. The summed E-state index contributed by atoms with van der Waals surface area (Å²) >= 11 is 0. The van der Waals surface area contributed by atoms with Crippen molar-refractivity contribution in [1.82, 2.24) is 9.88 Å². The number of rotatable bonds is 4. The Morgan fingerprint density at radius 3 is 2.67 bits per heavy atom. The van der Waals surface area contributed by atoms with Gasteiger partial charge in [-0.2, -0.15) is 5.26 Å². The van der Waals surface area contributed by atoms with Crippen LogP contribution in [0.4, 0.5) is 0 Å². The molecule has 0 unspecified atom stereocenters. The first kappa shape index (κ1) is 17.4. The number of nitriles is 1. The number of hydrogen-bond acceptors (Lipinski definition) is 4. The van der Waals surface area contributed by atoms with Gasteiger partial charge in [-0.25, -0.2) is 0 Å². The van der Waals surface area contributed by atoms with Gasteiger partial charge in [-0.3, -0.25) is 4.90 Å². The average Bonchev–Trinajstić information content (AvgIpc) is 3.11. The average molecular weight is 361 g/mol. The van der Waals surface area contributed by atoms with E-state index in [0.717, 1.165) is 29.5 Å². The van der Waals surface area contributed by atoms with Crippen molar-refractivity contribution in [3.05, 3.63) is 59.3 Å². The maximum Gasteiger partial charge on any atom is 0.161 e. The second-order valence-electron chi connectivity index (χ2n) is 7.02. The van der Waals surface area contributed by atoms with Crippen molar-refractivity contribution in [2.75, 3.05) is 21.3 Å². The predicted octanol–water partition coefficient (Wildman–Crippen LogP) is 3.85. The largest absolute Gasteiger partial charge is 0.493 e. The van der Waals surface area contributed by atoms with Crippen LogP contribution in [0.15, 0.2) is 42.6 Å². The smallest absolute Gasteiger partial charge is 0.161 e. The lowest BCUT2D eigenvalue weighted by atomic mass is 9.86. The highest BCUT2D eigenvalue weighted by Crippen LogP contribution is 2.40. The Bertz CT molecular complexity index is 1020. The lowest BCUT2D eigenvalue weighted by Gasteiger charge is -2.38. The molecule has 2 aromatic carbocycles. The summed E-state index contributed by atoms with van der Waals surface area (Å²) in [5.74, 6) is 1.38. The molecule has 0 saturated heterocycles. The summed E-state index contributed by atoms with van der Waals surface area (Å²) in [5.41, 5.74) is 4.59. The number of aromatic nitrogens is 1. The number of nitrogens with zero attached hydrogens (tertiary/aromatic N) is 2. The minimum absolute atomic E-state index is 0.236. The van der Waals surface area contributed by atoms with Crippen molar-refractivity contribution in [2.24, 2.45) is 0 Å². The topological polar surface area (TPSA) is 61.3 Å². The summed E-state index contributed by atoms with van der Waals surface area (Å²) in [6, 6.07) is 14.7. The number of benzene rings is 2. The van der Waals surface area contributed by atoms with E-state index in [9.17, 15) is 5.26 Å². The number of H-pyrrole nitrogens is 1. The summed E-state index contributed by atoms with van der Waals surface area (Å²) in [7, 11) is 5.30. The normalized spacial score (nSPS) is 19.5. The molecule has 0 spiro atoms. The van der Waals surface area contributed by atoms with E-state index in [0.29, 0.717) is 11.5 Å². The molecule has 0 radical (unpaired) electrons. The quantitative estimate of drug-likeness (QED) is 0.767. The lowest BCUT2D eigenvalue weighted by molar-refractivity contribution is 0.187. The zero-order chi connectivity index (χ0) is 19.0. The molecule has 27 heavy (non-hydrogen) atoms. The Morgan fingerprint density at radius 2 is 1.93 bits per heavy atom. The molecule has 0 saturated carbocycles. The number of ether oxygens (including phenoxy) is 2. The van der Waals surface area contributed by atoms with Crippen molar-refractivity contribution in [2.45, 2.75) is 24.9 Å². The summed E-state index contributed by atoms with van der Waals surface area (Å²) < 4.78 is 10.9. The highest BCUT2D eigenvalue weighted by molar-refractivity contribution is 5.83. The fourth-order valence-corrected chi connectivity index (χ4v) is 4.13. The van der Waals surface area contributed by atoms with Crippen LogP contribution in [0.2, 0.25) is 0 Å². The van der Waals surface area contributed by atoms with Crippen molar-refractivity contribution in [3.8, 4) is 17.6 Å². The van der Waals surface area contributed by atoms with Crippen LogP contribution in [0, 0.1) is 11.3 Å². The Labute approximate surface area is 159 Å². The molecule has 2 atom stereocenters. The van der Waals surface area contributed by atoms with Crippen LogP contribution >= 0.6 is 0 Å². The number of fused-ring (bicyclic) bond motifs is 2. The molecule has 4 rings (SSSR count). The first-order valence-corrected chi connectivity index (χ1v) is 9.07. The highest BCUT2D eigenvalue weighted by Gasteiger charge is 2.33. The molecular formula is C22H23N3O2. The van der Waals surface area contributed by atoms with E-state index in [4.69, 9.17) is 9.47 Å². The Morgan fingerprint density at radius 1 is 1.19 bits per heavy atom. The summed E-state index contributed by atoms with van der Waals surface area (Å²) in [4.78, 5) is 5.53. The predicted molar refractivity (Wildman–Crippen MR) is 105 cm³/mol. The molecule has 1 N–H and O–H groups in total. The first-order valence-electron chi connectivity index (χ1n) is 9.07. The van der Waals surface area contributed by atoms with Crippen molar-refractivity contribution in [3.63, 3.8) is 0 Å². The minimum atomic E-state index is -0.302. The van der Waals surface area contributed by atoms with Crippen LogP contribution in [-0.4, -0.2) is 37.2 Å². The van der Waals surface area contributed by atoms with E-state index in [1.807, 2.05) is 25.2 Å². The van der Waals surface area contributed by atoms with Crippen molar-refractivity contribution >= 4 is 10.9 Å². The monoisotopic (exact) mass is 361 g/mol. The fourth-order valence-electron chi connectivity index (χ4n) is 4.13. The zero-order valence-corrected chi connectivity index (χ0v) is 15.8. The Balaban J connectivity index is 1.71. The summed E-state index contributed by atoms with van der Waals surface area (Å²) in [6.07, 6.45) is 3.83. The van der Waals surface area contributed by atoms with Crippen LogP contribution in [0.1, 0.15) is 22.7 Å². The Kier molecular flexibility index (Phi) is 4.51. The van der Waals surface area contributed by atoms with Gasteiger partial charge in [-0.1, -0.05) is 18.2 Å². The van der Waals surface area contributed by atoms with Crippen LogP contribution in [0.5, 0.6) is 11.5 Å². The van der Waals surface area contributed by atoms with Gasteiger partial charge in [0.25, 0.3) is 0 Å². The first-order chi connectivity index (χ1) is 13.2. The standard InChI is InChI=1S/C22H23N3O2/c1-25-16(9-15-13-24-19-7-5-4-6-17(15)19)8-14-10-21(26-2)22(27-3)11-18(14)20(25)12-23/h4-7,10-11,13,16,20,24H,8-9H2,1-3H3/t16-,20+/m1/s1. The third-order valence-corrected chi connectivity index (χ3v) is 5.63. The maximum atomic E-state index is 9.84. The number of methoxy groups -OCH3 is 2. The van der Waals surface area contributed by atoms with Gasteiger partial charge in [0.15, 0.2) is 11.5 Å². The molecule has 1 aromatic heterocycles. The van der Waals surface area contributed by atoms with Gasteiger partial charge in [0.05, 0.1) is 20.3 Å². The molecule has 1 aliphatic heterocycles. The number of nitrogens with one attached hydrogen (secondary N) is 1. The van der Waals surface area contributed by atoms with Crippen LogP contribution in [0.3, 0.4) is 0 Å².